The molecule has 1 heterocycles. The fourth-order valence-electron chi connectivity index (χ4n) is 2.58. The average Bonchev–Trinajstić information content (AvgIpc) is 2.23. The second-order valence-corrected chi connectivity index (χ2v) is 6.21. The third-order valence-electron chi connectivity index (χ3n) is 4.07. The number of hydrogen-bond donors (Lipinski definition) is 2. The van der Waals surface area contributed by atoms with Gasteiger partial charge in [-0.25, -0.2) is 0 Å². The Morgan fingerprint density at radius 1 is 1.38 bits per heavy atom. The Balaban J connectivity index is 1.88. The van der Waals surface area contributed by atoms with Crippen LogP contribution in [0.25, 0.3) is 0 Å². The highest BCUT2D eigenvalue weighted by molar-refractivity contribution is 5.87. The number of carbonyl (C=O) groups is 1. The Hall–Kier alpha value is -0.610. The summed E-state index contributed by atoms with van der Waals surface area (Å²) in [6, 6.07) is -0.330. The lowest BCUT2D eigenvalue weighted by Gasteiger charge is -2.46. The molecule has 2 aliphatic rings. The number of β-lactam (4-membered cyclic amide) rings is 1. The maximum atomic E-state index is 11.4. The molecule has 0 aromatic heterocycles. The van der Waals surface area contributed by atoms with Gasteiger partial charge in [0.05, 0.1) is 5.60 Å². The lowest BCUT2D eigenvalue weighted by Crippen LogP contribution is -2.64. The number of hydrogen-bond acceptors (Lipinski definition) is 3. The summed E-state index contributed by atoms with van der Waals surface area (Å²) in [5.74, 6) is -0.0155. The van der Waals surface area contributed by atoms with E-state index in [1.54, 1.807) is 4.90 Å². The molecule has 4 nitrogen and oxygen atoms in total. The fraction of sp³-hybridized carbons (Fsp3) is 0.917. The van der Waals surface area contributed by atoms with Gasteiger partial charge in [0, 0.05) is 13.1 Å². The Labute approximate surface area is 96.8 Å². The largest absolute Gasteiger partial charge is 0.388 e. The van der Waals surface area contributed by atoms with Crippen LogP contribution in [-0.2, 0) is 4.79 Å². The molecule has 3 N–H and O–H groups in total. The number of rotatable bonds is 2. The van der Waals surface area contributed by atoms with Crippen LogP contribution in [0.15, 0.2) is 0 Å². The Morgan fingerprint density at radius 2 is 1.94 bits per heavy atom. The molecule has 1 unspecified atom stereocenters. The predicted octanol–water partition coefficient (Wildman–Crippen LogP) is 0.487. The van der Waals surface area contributed by atoms with Crippen LogP contribution in [0.1, 0.15) is 39.5 Å². The van der Waals surface area contributed by atoms with Crippen molar-refractivity contribution in [2.75, 3.05) is 13.1 Å². The van der Waals surface area contributed by atoms with Crippen molar-refractivity contribution in [2.45, 2.75) is 51.2 Å². The van der Waals surface area contributed by atoms with Gasteiger partial charge in [0.1, 0.15) is 6.04 Å². The van der Waals surface area contributed by atoms with Crippen molar-refractivity contribution in [1.29, 1.82) is 0 Å². The van der Waals surface area contributed by atoms with Crippen LogP contribution in [-0.4, -0.2) is 40.6 Å². The van der Waals surface area contributed by atoms with Crippen LogP contribution < -0.4 is 5.73 Å². The SMILES string of the molecule is CC1(C)CCC(O)(CN2CC(N)C2=O)CC1. The first-order chi connectivity index (χ1) is 7.31. The first-order valence-corrected chi connectivity index (χ1v) is 6.08. The quantitative estimate of drug-likeness (QED) is 0.673. The van der Waals surface area contributed by atoms with Gasteiger partial charge < -0.3 is 15.7 Å². The number of aliphatic hydroxyl groups is 1. The Kier molecular flexibility index (Phi) is 2.75. The van der Waals surface area contributed by atoms with Crippen molar-refractivity contribution >= 4 is 5.91 Å². The fourth-order valence-corrected chi connectivity index (χ4v) is 2.58. The van der Waals surface area contributed by atoms with Crippen molar-refractivity contribution in [2.24, 2.45) is 11.1 Å². The van der Waals surface area contributed by atoms with Crippen LogP contribution in [0.2, 0.25) is 0 Å². The molecule has 4 heteroatoms. The molecule has 0 aromatic rings. The van der Waals surface area contributed by atoms with Crippen LogP contribution in [0.5, 0.6) is 0 Å². The molecule has 1 saturated heterocycles. The van der Waals surface area contributed by atoms with Gasteiger partial charge in [0.2, 0.25) is 5.91 Å². The van der Waals surface area contributed by atoms with Crippen LogP contribution in [0.4, 0.5) is 0 Å². The molecule has 0 aromatic carbocycles. The van der Waals surface area contributed by atoms with Crippen molar-refractivity contribution in [3.63, 3.8) is 0 Å². The third-order valence-corrected chi connectivity index (χ3v) is 4.07. The molecule has 2 fully saturated rings. The number of nitrogens with zero attached hydrogens (tertiary/aromatic N) is 1. The summed E-state index contributed by atoms with van der Waals surface area (Å²) in [7, 11) is 0. The summed E-state index contributed by atoms with van der Waals surface area (Å²) in [6.07, 6.45) is 3.63. The van der Waals surface area contributed by atoms with E-state index in [1.807, 2.05) is 0 Å². The van der Waals surface area contributed by atoms with E-state index >= 15 is 0 Å². The summed E-state index contributed by atoms with van der Waals surface area (Å²) >= 11 is 0. The van der Waals surface area contributed by atoms with Gasteiger partial charge in [0.25, 0.3) is 0 Å². The Bertz CT molecular complexity index is 291. The Morgan fingerprint density at radius 3 is 2.38 bits per heavy atom. The molecular weight excluding hydrogens is 204 g/mol. The van der Waals surface area contributed by atoms with Gasteiger partial charge in [-0.1, -0.05) is 13.8 Å². The van der Waals surface area contributed by atoms with Crippen molar-refractivity contribution in [3.05, 3.63) is 0 Å². The molecule has 1 amide bonds. The minimum atomic E-state index is -0.675. The van der Waals surface area contributed by atoms with E-state index in [0.29, 0.717) is 18.5 Å². The molecule has 1 aliphatic heterocycles. The second-order valence-electron chi connectivity index (χ2n) is 6.21. The molecular formula is C12H22N2O2. The lowest BCUT2D eigenvalue weighted by atomic mass is 9.70. The number of likely N-dealkylation sites (tertiary alicyclic amines) is 1. The standard InChI is InChI=1S/C12H22N2O2/c1-11(2)3-5-12(16,6-4-11)8-14-7-9(13)10(14)15/h9,16H,3-8,13H2,1-2H3. The van der Waals surface area contributed by atoms with E-state index < -0.39 is 5.60 Å². The number of carbonyl (C=O) groups excluding carboxylic acids is 1. The van der Waals surface area contributed by atoms with Crippen molar-refractivity contribution in [3.8, 4) is 0 Å². The molecule has 0 bridgehead atoms. The number of amides is 1. The lowest BCUT2D eigenvalue weighted by molar-refractivity contribution is -0.149. The zero-order valence-electron chi connectivity index (χ0n) is 10.2. The van der Waals surface area contributed by atoms with Gasteiger partial charge in [-0.2, -0.15) is 0 Å². The van der Waals surface area contributed by atoms with Crippen LogP contribution in [0.3, 0.4) is 0 Å². The van der Waals surface area contributed by atoms with Gasteiger partial charge in [-0.3, -0.25) is 4.79 Å². The zero-order chi connectivity index (χ0) is 12.0. The topological polar surface area (TPSA) is 66.6 Å². The van der Waals surface area contributed by atoms with Gasteiger partial charge in [-0.05, 0) is 31.1 Å². The second kappa shape index (κ2) is 3.70. The van der Waals surface area contributed by atoms with Crippen LogP contribution >= 0.6 is 0 Å². The normalized spacial score (nSPS) is 32.4. The minimum Gasteiger partial charge on any atom is -0.388 e. The van der Waals surface area contributed by atoms with E-state index in [9.17, 15) is 9.90 Å². The predicted molar refractivity (Wildman–Crippen MR) is 61.8 cm³/mol. The maximum Gasteiger partial charge on any atom is 0.241 e. The molecule has 1 saturated carbocycles. The van der Waals surface area contributed by atoms with E-state index in [-0.39, 0.29) is 11.9 Å². The smallest absolute Gasteiger partial charge is 0.241 e. The molecule has 1 aliphatic carbocycles. The highest BCUT2D eigenvalue weighted by Gasteiger charge is 2.42. The van der Waals surface area contributed by atoms with Crippen molar-refractivity contribution < 1.29 is 9.90 Å². The molecule has 2 rings (SSSR count). The number of β-amino-alcohol motifs (C(OH)–C–C–N with tert-alkyl or cyclic N) is 1. The molecule has 0 radical (unpaired) electrons. The van der Waals surface area contributed by atoms with Gasteiger partial charge >= 0.3 is 0 Å². The third kappa shape index (κ3) is 2.23. The summed E-state index contributed by atoms with van der Waals surface area (Å²) in [5, 5.41) is 10.4. The number of nitrogens with two attached hydrogens (primary N) is 1. The summed E-state index contributed by atoms with van der Waals surface area (Å²) in [5.41, 5.74) is 5.19. The summed E-state index contributed by atoms with van der Waals surface area (Å²) < 4.78 is 0. The molecule has 0 spiro atoms. The van der Waals surface area contributed by atoms with Crippen LogP contribution in [0, 0.1) is 5.41 Å². The molecule has 16 heavy (non-hydrogen) atoms. The van der Waals surface area contributed by atoms with E-state index in [1.165, 1.54) is 0 Å². The molecule has 1 atom stereocenters. The van der Waals surface area contributed by atoms with Gasteiger partial charge in [0.15, 0.2) is 0 Å². The monoisotopic (exact) mass is 226 g/mol. The average molecular weight is 226 g/mol. The van der Waals surface area contributed by atoms with Gasteiger partial charge in [-0.15, -0.1) is 0 Å². The van der Waals surface area contributed by atoms with E-state index in [4.69, 9.17) is 5.73 Å². The minimum absolute atomic E-state index is 0.0155. The molecule has 92 valence electrons. The highest BCUT2D eigenvalue weighted by Crippen LogP contribution is 2.40. The first kappa shape index (κ1) is 11.9. The first-order valence-electron chi connectivity index (χ1n) is 6.08. The van der Waals surface area contributed by atoms with E-state index in [2.05, 4.69) is 13.8 Å². The zero-order valence-corrected chi connectivity index (χ0v) is 10.2. The highest BCUT2D eigenvalue weighted by atomic mass is 16.3. The summed E-state index contributed by atoms with van der Waals surface area (Å²) in [6.45, 7) is 5.54. The summed E-state index contributed by atoms with van der Waals surface area (Å²) in [4.78, 5) is 13.1. The van der Waals surface area contributed by atoms with E-state index in [0.717, 1.165) is 25.7 Å². The van der Waals surface area contributed by atoms with Crippen molar-refractivity contribution in [1.82, 2.24) is 4.90 Å². The maximum absolute atomic E-state index is 11.4.